The summed E-state index contributed by atoms with van der Waals surface area (Å²) < 4.78 is 21.8. The summed E-state index contributed by atoms with van der Waals surface area (Å²) in [6.07, 6.45) is 0. The van der Waals surface area contributed by atoms with Crippen LogP contribution in [-0.4, -0.2) is 19.5 Å². The SMILES string of the molecule is c1ccc2cc3c(cc2c1)c1ccccc1n3-c1cc2oc3ccccc3c2cc1-c1nc(-c2cccc3oc4ccccc4c23)nc(-c2cccc3oc4ccccc4c23)n1. The maximum Gasteiger partial charge on any atom is 0.166 e. The number of rotatable bonds is 4. The summed E-state index contributed by atoms with van der Waals surface area (Å²) in [6, 6.07) is 62.7. The van der Waals surface area contributed by atoms with E-state index in [0.29, 0.717) is 17.5 Å². The summed E-state index contributed by atoms with van der Waals surface area (Å²) in [6.45, 7) is 0. The number of hydrogen-bond donors (Lipinski definition) is 0. The van der Waals surface area contributed by atoms with Crippen LogP contribution >= 0.6 is 0 Å². The van der Waals surface area contributed by atoms with Crippen LogP contribution in [0, 0.1) is 0 Å². The van der Waals surface area contributed by atoms with Gasteiger partial charge in [-0.15, -0.1) is 0 Å². The lowest BCUT2D eigenvalue weighted by Gasteiger charge is -2.15. The lowest BCUT2D eigenvalue weighted by molar-refractivity contribution is 0.668. The molecule has 0 aliphatic carbocycles. The van der Waals surface area contributed by atoms with E-state index in [1.54, 1.807) is 0 Å². The zero-order chi connectivity index (χ0) is 40.5. The van der Waals surface area contributed by atoms with E-state index >= 15 is 0 Å². The van der Waals surface area contributed by atoms with Crippen molar-refractivity contribution in [1.29, 1.82) is 0 Å². The molecule has 7 heteroatoms. The van der Waals surface area contributed by atoms with E-state index in [-0.39, 0.29) is 0 Å². The fourth-order valence-electron chi connectivity index (χ4n) is 9.70. The van der Waals surface area contributed by atoms with Gasteiger partial charge in [-0.3, -0.25) is 0 Å². The standard InChI is InChI=1S/C55H30N4O3/c1-2-14-32-28-43-39(27-31(32)13-1)33-15-3-7-21-42(33)59(43)44-30-50-40(34-16-4-8-22-45(34)62-50)29-41(44)55-57-53(37-19-11-25-48-51(37)35-17-5-9-23-46(35)60-48)56-54(58-55)38-20-12-26-49-52(38)36-18-6-10-24-47(36)61-49/h1-30H. The summed E-state index contributed by atoms with van der Waals surface area (Å²) in [5, 5.41) is 10.5. The van der Waals surface area contributed by atoms with Crippen molar-refractivity contribution in [2.24, 2.45) is 0 Å². The molecule has 0 amide bonds. The second-order valence-electron chi connectivity index (χ2n) is 15.9. The van der Waals surface area contributed by atoms with Gasteiger partial charge >= 0.3 is 0 Å². The van der Waals surface area contributed by atoms with Crippen LogP contribution in [-0.2, 0) is 0 Å². The number of benzene rings is 9. The van der Waals surface area contributed by atoms with Crippen molar-refractivity contribution in [1.82, 2.24) is 19.5 Å². The van der Waals surface area contributed by atoms with Crippen LogP contribution in [0.5, 0.6) is 0 Å². The van der Waals surface area contributed by atoms with Crippen LogP contribution in [0.1, 0.15) is 0 Å². The average molecular weight is 795 g/mol. The Kier molecular flexibility index (Phi) is 6.71. The van der Waals surface area contributed by atoms with Gasteiger partial charge in [0.05, 0.1) is 16.7 Å². The summed E-state index contributed by atoms with van der Waals surface area (Å²) in [5.41, 5.74) is 10.3. The number of hydrogen-bond acceptors (Lipinski definition) is 6. The lowest BCUT2D eigenvalue weighted by atomic mass is 10.0. The first-order valence-corrected chi connectivity index (χ1v) is 20.7. The Bertz CT molecular complexity index is 4060. The third-order valence-corrected chi connectivity index (χ3v) is 12.4. The van der Waals surface area contributed by atoms with Crippen molar-refractivity contribution in [3.8, 4) is 39.9 Å². The molecule has 0 radical (unpaired) electrons. The first-order chi connectivity index (χ1) is 30.7. The van der Waals surface area contributed by atoms with E-state index in [2.05, 4.69) is 108 Å². The highest BCUT2D eigenvalue weighted by Crippen LogP contribution is 2.43. The highest BCUT2D eigenvalue weighted by molar-refractivity contribution is 6.16. The van der Waals surface area contributed by atoms with Gasteiger partial charge in [0, 0.05) is 65.8 Å². The Morgan fingerprint density at radius 3 is 1.44 bits per heavy atom. The van der Waals surface area contributed by atoms with E-state index in [1.807, 2.05) is 78.9 Å². The van der Waals surface area contributed by atoms with Gasteiger partial charge in [-0.05, 0) is 65.4 Å². The van der Waals surface area contributed by atoms with Gasteiger partial charge in [0.2, 0.25) is 0 Å². The van der Waals surface area contributed by atoms with Crippen LogP contribution in [0.25, 0.3) is 138 Å². The zero-order valence-electron chi connectivity index (χ0n) is 32.8. The molecule has 7 nitrogen and oxygen atoms in total. The molecule has 0 aliphatic heterocycles. The predicted octanol–water partition coefficient (Wildman–Crippen LogP) is 14.8. The molecule has 14 aromatic rings. The molecule has 5 aromatic heterocycles. The van der Waals surface area contributed by atoms with Gasteiger partial charge in [-0.1, -0.05) is 121 Å². The molecule has 0 spiro atoms. The Balaban J connectivity index is 1.14. The first-order valence-electron chi connectivity index (χ1n) is 20.7. The number of aromatic nitrogens is 4. The van der Waals surface area contributed by atoms with Crippen molar-refractivity contribution >= 4 is 98.4 Å². The van der Waals surface area contributed by atoms with Crippen molar-refractivity contribution < 1.29 is 13.3 Å². The molecular weight excluding hydrogens is 765 g/mol. The average Bonchev–Trinajstić information content (AvgIpc) is 4.09. The van der Waals surface area contributed by atoms with E-state index in [4.69, 9.17) is 28.2 Å². The topological polar surface area (TPSA) is 83.0 Å². The molecule has 0 atom stereocenters. The molecule has 0 aliphatic rings. The molecule has 0 N–H and O–H groups in total. The smallest absolute Gasteiger partial charge is 0.166 e. The van der Waals surface area contributed by atoms with Crippen LogP contribution in [0.2, 0.25) is 0 Å². The number of para-hydroxylation sites is 4. The molecule has 5 heterocycles. The molecule has 288 valence electrons. The van der Waals surface area contributed by atoms with Crippen LogP contribution < -0.4 is 0 Å². The molecule has 0 saturated carbocycles. The van der Waals surface area contributed by atoms with Gasteiger partial charge in [0.1, 0.15) is 33.5 Å². The van der Waals surface area contributed by atoms with E-state index < -0.39 is 0 Å². The van der Waals surface area contributed by atoms with Crippen molar-refractivity contribution in [3.05, 3.63) is 182 Å². The molecule has 0 saturated heterocycles. The van der Waals surface area contributed by atoms with Gasteiger partial charge in [-0.2, -0.15) is 0 Å². The fourth-order valence-corrected chi connectivity index (χ4v) is 9.70. The molecular formula is C55H30N4O3. The molecule has 9 aromatic carbocycles. The van der Waals surface area contributed by atoms with E-state index in [0.717, 1.165) is 115 Å². The first kappa shape index (κ1) is 33.3. The normalized spacial score (nSPS) is 12.2. The Labute approximate surface area is 351 Å². The summed E-state index contributed by atoms with van der Waals surface area (Å²) >= 11 is 0. The van der Waals surface area contributed by atoms with Crippen LogP contribution in [0.15, 0.2) is 195 Å². The Morgan fingerprint density at radius 2 is 0.790 bits per heavy atom. The largest absolute Gasteiger partial charge is 0.456 e. The van der Waals surface area contributed by atoms with Crippen molar-refractivity contribution in [3.63, 3.8) is 0 Å². The Morgan fingerprint density at radius 1 is 0.306 bits per heavy atom. The molecule has 0 bridgehead atoms. The quantitative estimate of drug-likeness (QED) is 0.176. The third kappa shape index (κ3) is 4.73. The zero-order valence-corrected chi connectivity index (χ0v) is 32.8. The van der Waals surface area contributed by atoms with Gasteiger partial charge < -0.3 is 17.8 Å². The minimum absolute atomic E-state index is 0.522. The Hall–Kier alpha value is -8.55. The summed E-state index contributed by atoms with van der Waals surface area (Å²) in [4.78, 5) is 16.3. The summed E-state index contributed by atoms with van der Waals surface area (Å²) in [5.74, 6) is 1.58. The molecule has 62 heavy (non-hydrogen) atoms. The highest BCUT2D eigenvalue weighted by atomic mass is 16.3. The number of furan rings is 3. The third-order valence-electron chi connectivity index (χ3n) is 12.4. The number of nitrogens with zero attached hydrogens (tertiary/aromatic N) is 4. The molecule has 0 fully saturated rings. The van der Waals surface area contributed by atoms with Crippen molar-refractivity contribution in [2.45, 2.75) is 0 Å². The van der Waals surface area contributed by atoms with Crippen LogP contribution in [0.3, 0.4) is 0 Å². The second-order valence-corrected chi connectivity index (χ2v) is 15.9. The van der Waals surface area contributed by atoms with Gasteiger partial charge in [0.25, 0.3) is 0 Å². The van der Waals surface area contributed by atoms with E-state index in [9.17, 15) is 0 Å². The predicted molar refractivity (Wildman–Crippen MR) is 250 cm³/mol. The maximum atomic E-state index is 6.64. The van der Waals surface area contributed by atoms with Gasteiger partial charge in [-0.25, -0.2) is 15.0 Å². The van der Waals surface area contributed by atoms with Crippen molar-refractivity contribution in [2.75, 3.05) is 0 Å². The monoisotopic (exact) mass is 794 g/mol. The molecule has 0 unspecified atom stereocenters. The maximum absolute atomic E-state index is 6.64. The summed E-state index contributed by atoms with van der Waals surface area (Å²) in [7, 11) is 0. The fraction of sp³-hybridized carbons (Fsp3) is 0. The minimum atomic E-state index is 0.522. The highest BCUT2D eigenvalue weighted by Gasteiger charge is 2.25. The minimum Gasteiger partial charge on any atom is -0.456 e. The lowest BCUT2D eigenvalue weighted by Crippen LogP contribution is -2.04. The molecule has 14 rings (SSSR count). The second kappa shape index (κ2) is 12.5. The van der Waals surface area contributed by atoms with Crippen LogP contribution in [0.4, 0.5) is 0 Å². The van der Waals surface area contributed by atoms with E-state index in [1.165, 1.54) is 5.39 Å². The number of fused-ring (bicyclic) bond motifs is 13. The van der Waals surface area contributed by atoms with Gasteiger partial charge in [0.15, 0.2) is 17.5 Å².